The Bertz CT molecular complexity index is 273. The lowest BCUT2D eigenvalue weighted by Crippen LogP contribution is -2.06. The molecule has 1 unspecified atom stereocenters. The third kappa shape index (κ3) is 1.83. The summed E-state index contributed by atoms with van der Waals surface area (Å²) >= 11 is 0. The van der Waals surface area contributed by atoms with Crippen molar-refractivity contribution in [2.24, 2.45) is 5.73 Å². The van der Waals surface area contributed by atoms with E-state index in [9.17, 15) is 0 Å². The number of hydrogen-bond donors (Lipinski definition) is 1. The molecule has 0 bridgehead atoms. The van der Waals surface area contributed by atoms with Crippen molar-refractivity contribution in [3.63, 3.8) is 0 Å². The standard InChI is InChI=1S/C9H12N2O/c1-3-8(10)7-4-5-11-9(6-7)12-2/h3-6,8H,1,10H2,2H3. The van der Waals surface area contributed by atoms with Gasteiger partial charge in [0.2, 0.25) is 5.88 Å². The maximum Gasteiger partial charge on any atom is 0.213 e. The highest BCUT2D eigenvalue weighted by atomic mass is 16.5. The fraction of sp³-hybridized carbons (Fsp3) is 0.222. The molecular formula is C9H12N2O. The molecule has 0 aliphatic rings. The van der Waals surface area contributed by atoms with E-state index in [1.165, 1.54) is 0 Å². The SMILES string of the molecule is C=CC(N)c1ccnc(OC)c1. The highest BCUT2D eigenvalue weighted by Crippen LogP contribution is 2.14. The van der Waals surface area contributed by atoms with Gasteiger partial charge in [-0.1, -0.05) is 6.08 Å². The minimum atomic E-state index is -0.151. The molecular weight excluding hydrogens is 152 g/mol. The average Bonchev–Trinajstić information content (AvgIpc) is 2.17. The zero-order chi connectivity index (χ0) is 8.97. The number of methoxy groups -OCH3 is 1. The van der Waals surface area contributed by atoms with Crippen LogP contribution in [0.4, 0.5) is 0 Å². The van der Waals surface area contributed by atoms with Gasteiger partial charge in [0.25, 0.3) is 0 Å². The summed E-state index contributed by atoms with van der Waals surface area (Å²) in [5.74, 6) is 0.574. The second-order valence-electron chi connectivity index (χ2n) is 2.39. The van der Waals surface area contributed by atoms with Crippen LogP contribution in [0.15, 0.2) is 31.0 Å². The molecule has 64 valence electrons. The van der Waals surface area contributed by atoms with Crippen LogP contribution < -0.4 is 10.5 Å². The van der Waals surface area contributed by atoms with Crippen LogP contribution in [0.1, 0.15) is 11.6 Å². The van der Waals surface area contributed by atoms with E-state index >= 15 is 0 Å². The Morgan fingerprint density at radius 2 is 2.50 bits per heavy atom. The summed E-state index contributed by atoms with van der Waals surface area (Å²) in [6.07, 6.45) is 3.34. The first-order valence-electron chi connectivity index (χ1n) is 3.66. The van der Waals surface area contributed by atoms with Crippen LogP contribution in [-0.2, 0) is 0 Å². The lowest BCUT2D eigenvalue weighted by Gasteiger charge is -2.06. The maximum atomic E-state index is 5.72. The number of pyridine rings is 1. The quantitative estimate of drug-likeness (QED) is 0.684. The van der Waals surface area contributed by atoms with Crippen molar-refractivity contribution in [3.05, 3.63) is 36.5 Å². The van der Waals surface area contributed by atoms with Gasteiger partial charge in [-0.05, 0) is 11.6 Å². The van der Waals surface area contributed by atoms with E-state index in [1.54, 1.807) is 25.4 Å². The number of ether oxygens (including phenoxy) is 1. The number of rotatable bonds is 3. The smallest absolute Gasteiger partial charge is 0.213 e. The van der Waals surface area contributed by atoms with E-state index in [4.69, 9.17) is 10.5 Å². The van der Waals surface area contributed by atoms with E-state index in [2.05, 4.69) is 11.6 Å². The summed E-state index contributed by atoms with van der Waals surface area (Å²) < 4.78 is 4.95. The highest BCUT2D eigenvalue weighted by Gasteiger charge is 2.01. The Morgan fingerprint density at radius 3 is 3.08 bits per heavy atom. The van der Waals surface area contributed by atoms with Gasteiger partial charge in [0.05, 0.1) is 7.11 Å². The third-order valence-corrected chi connectivity index (χ3v) is 1.61. The number of aromatic nitrogens is 1. The Balaban J connectivity index is 2.93. The summed E-state index contributed by atoms with van der Waals surface area (Å²) in [5.41, 5.74) is 6.67. The lowest BCUT2D eigenvalue weighted by molar-refractivity contribution is 0.397. The summed E-state index contributed by atoms with van der Waals surface area (Å²) in [5, 5.41) is 0. The minimum absolute atomic E-state index is 0.151. The fourth-order valence-electron chi connectivity index (χ4n) is 0.880. The predicted octanol–water partition coefficient (Wildman–Crippen LogP) is 1.28. The molecule has 1 rings (SSSR count). The lowest BCUT2D eigenvalue weighted by atomic mass is 10.1. The molecule has 1 atom stereocenters. The molecule has 2 N–H and O–H groups in total. The monoisotopic (exact) mass is 164 g/mol. The molecule has 0 aliphatic carbocycles. The number of nitrogens with two attached hydrogens (primary N) is 1. The van der Waals surface area contributed by atoms with Crippen molar-refractivity contribution >= 4 is 0 Å². The highest BCUT2D eigenvalue weighted by molar-refractivity contribution is 5.25. The van der Waals surface area contributed by atoms with E-state index < -0.39 is 0 Å². The Morgan fingerprint density at radius 1 is 1.75 bits per heavy atom. The van der Waals surface area contributed by atoms with Gasteiger partial charge in [0.15, 0.2) is 0 Å². The van der Waals surface area contributed by atoms with Crippen molar-refractivity contribution in [2.75, 3.05) is 7.11 Å². The molecule has 3 nitrogen and oxygen atoms in total. The van der Waals surface area contributed by atoms with Gasteiger partial charge in [0.1, 0.15) is 0 Å². The summed E-state index contributed by atoms with van der Waals surface area (Å²) in [6.45, 7) is 3.61. The average molecular weight is 164 g/mol. The van der Waals surface area contributed by atoms with Gasteiger partial charge in [-0.2, -0.15) is 0 Å². The first-order chi connectivity index (χ1) is 5.77. The minimum Gasteiger partial charge on any atom is -0.481 e. The molecule has 0 spiro atoms. The molecule has 12 heavy (non-hydrogen) atoms. The van der Waals surface area contributed by atoms with Crippen molar-refractivity contribution in [1.82, 2.24) is 4.98 Å². The van der Waals surface area contributed by atoms with Crippen molar-refractivity contribution < 1.29 is 4.74 Å². The summed E-state index contributed by atoms with van der Waals surface area (Å²) in [7, 11) is 1.57. The first-order valence-corrected chi connectivity index (χ1v) is 3.66. The van der Waals surface area contributed by atoms with Crippen molar-refractivity contribution in [1.29, 1.82) is 0 Å². The van der Waals surface area contributed by atoms with Crippen LogP contribution in [0.5, 0.6) is 5.88 Å². The van der Waals surface area contributed by atoms with Gasteiger partial charge in [0, 0.05) is 18.3 Å². The maximum absolute atomic E-state index is 5.72. The molecule has 0 fully saturated rings. The van der Waals surface area contributed by atoms with Crippen LogP contribution in [0.25, 0.3) is 0 Å². The molecule has 3 heteroatoms. The molecule has 0 saturated heterocycles. The summed E-state index contributed by atoms with van der Waals surface area (Å²) in [4.78, 5) is 3.96. The Hall–Kier alpha value is -1.35. The number of hydrogen-bond acceptors (Lipinski definition) is 3. The van der Waals surface area contributed by atoms with E-state index in [0.29, 0.717) is 5.88 Å². The van der Waals surface area contributed by atoms with Gasteiger partial charge in [-0.15, -0.1) is 6.58 Å². The van der Waals surface area contributed by atoms with Crippen molar-refractivity contribution in [2.45, 2.75) is 6.04 Å². The van der Waals surface area contributed by atoms with Crippen LogP contribution in [0.3, 0.4) is 0 Å². The van der Waals surface area contributed by atoms with E-state index in [0.717, 1.165) is 5.56 Å². The molecule has 0 aromatic carbocycles. The van der Waals surface area contributed by atoms with Crippen LogP contribution in [-0.4, -0.2) is 12.1 Å². The molecule has 0 radical (unpaired) electrons. The predicted molar refractivity (Wildman–Crippen MR) is 47.9 cm³/mol. The Kier molecular flexibility index (Phi) is 2.82. The van der Waals surface area contributed by atoms with Crippen LogP contribution in [0, 0.1) is 0 Å². The zero-order valence-electron chi connectivity index (χ0n) is 7.03. The molecule has 0 saturated carbocycles. The van der Waals surface area contributed by atoms with E-state index in [1.807, 2.05) is 6.07 Å². The second kappa shape index (κ2) is 3.88. The topological polar surface area (TPSA) is 48.1 Å². The molecule has 0 aliphatic heterocycles. The largest absolute Gasteiger partial charge is 0.481 e. The Labute approximate surface area is 71.9 Å². The van der Waals surface area contributed by atoms with Crippen LogP contribution in [0.2, 0.25) is 0 Å². The van der Waals surface area contributed by atoms with Gasteiger partial charge >= 0.3 is 0 Å². The van der Waals surface area contributed by atoms with Gasteiger partial charge in [-0.3, -0.25) is 0 Å². The molecule has 1 aromatic rings. The second-order valence-corrected chi connectivity index (χ2v) is 2.39. The van der Waals surface area contributed by atoms with Gasteiger partial charge in [-0.25, -0.2) is 4.98 Å². The fourth-order valence-corrected chi connectivity index (χ4v) is 0.880. The van der Waals surface area contributed by atoms with Crippen molar-refractivity contribution in [3.8, 4) is 5.88 Å². The molecule has 1 heterocycles. The molecule has 1 aromatic heterocycles. The van der Waals surface area contributed by atoms with Crippen LogP contribution >= 0.6 is 0 Å². The normalized spacial score (nSPS) is 12.2. The number of nitrogens with zero attached hydrogens (tertiary/aromatic N) is 1. The first kappa shape index (κ1) is 8.74. The van der Waals surface area contributed by atoms with E-state index in [-0.39, 0.29) is 6.04 Å². The van der Waals surface area contributed by atoms with Gasteiger partial charge < -0.3 is 10.5 Å². The zero-order valence-corrected chi connectivity index (χ0v) is 7.03. The molecule has 0 amide bonds. The summed E-state index contributed by atoms with van der Waals surface area (Å²) in [6, 6.07) is 3.49. The third-order valence-electron chi connectivity index (χ3n) is 1.61.